The van der Waals surface area contributed by atoms with E-state index >= 15 is 0 Å². The van der Waals surface area contributed by atoms with Crippen molar-refractivity contribution in [1.29, 1.82) is 5.26 Å². The van der Waals surface area contributed by atoms with Gasteiger partial charge in [-0.1, -0.05) is 66.2 Å². The lowest BCUT2D eigenvalue weighted by Crippen LogP contribution is -2.39. The van der Waals surface area contributed by atoms with Crippen molar-refractivity contribution in [2.24, 2.45) is 40.9 Å². The van der Waals surface area contributed by atoms with Gasteiger partial charge in [0.2, 0.25) is 5.91 Å². The van der Waals surface area contributed by atoms with E-state index in [0.29, 0.717) is 23.7 Å². The highest BCUT2D eigenvalue weighted by molar-refractivity contribution is 5.93. The fraction of sp³-hybridized carbons (Fsp3) is 0.714. The zero-order valence-corrected chi connectivity index (χ0v) is 20.4. The minimum atomic E-state index is -0.368. The summed E-state index contributed by atoms with van der Waals surface area (Å²) in [6.45, 7) is 13.4. The van der Waals surface area contributed by atoms with Crippen LogP contribution in [0.5, 0.6) is 0 Å². The topological polar surface area (TPSA) is 52.9 Å². The molecule has 2 aliphatic rings. The summed E-state index contributed by atoms with van der Waals surface area (Å²) in [5.41, 5.74) is 1.71. The molecule has 6 atom stereocenters. The molecule has 2 saturated carbocycles. The Morgan fingerprint density at radius 1 is 1.06 bits per heavy atom. The van der Waals surface area contributed by atoms with Gasteiger partial charge in [0.25, 0.3) is 0 Å². The molecule has 3 rings (SSSR count). The van der Waals surface area contributed by atoms with Crippen LogP contribution in [-0.4, -0.2) is 5.91 Å². The second kappa shape index (κ2) is 9.76. The molecule has 31 heavy (non-hydrogen) atoms. The zero-order valence-electron chi connectivity index (χ0n) is 20.4. The van der Waals surface area contributed by atoms with Gasteiger partial charge in [-0.2, -0.15) is 5.26 Å². The second-order valence-electron chi connectivity index (χ2n) is 11.2. The van der Waals surface area contributed by atoms with Gasteiger partial charge in [-0.3, -0.25) is 4.79 Å². The van der Waals surface area contributed by atoms with Crippen molar-refractivity contribution in [3.8, 4) is 6.07 Å². The highest BCUT2D eigenvalue weighted by atomic mass is 16.1. The average Bonchev–Trinajstić information content (AvgIpc) is 2.73. The van der Waals surface area contributed by atoms with Gasteiger partial charge in [-0.05, 0) is 73.3 Å². The molecule has 0 saturated heterocycles. The number of carbonyl (C=O) groups excluding carboxylic acids is 1. The van der Waals surface area contributed by atoms with E-state index in [0.717, 1.165) is 43.4 Å². The van der Waals surface area contributed by atoms with E-state index in [-0.39, 0.29) is 29.1 Å². The van der Waals surface area contributed by atoms with Crippen molar-refractivity contribution in [3.63, 3.8) is 0 Å². The standard InChI is InChI=1S/C28H42N2O/c1-18(2)22-12-11-20(5)15-24(22)27(31)30-26-10-8-7-9-23(26)25-16-21(6)13-14-28(25,17-29)19(3)4/h7-10,18-22,24-25H,11-16H2,1-6H3,(H,30,31). The maximum absolute atomic E-state index is 13.5. The molecule has 0 bridgehead atoms. The van der Waals surface area contributed by atoms with Crippen molar-refractivity contribution in [3.05, 3.63) is 29.8 Å². The van der Waals surface area contributed by atoms with Gasteiger partial charge in [0.1, 0.15) is 0 Å². The van der Waals surface area contributed by atoms with Gasteiger partial charge < -0.3 is 5.32 Å². The molecule has 1 N–H and O–H groups in total. The summed E-state index contributed by atoms with van der Waals surface area (Å²) in [7, 11) is 0. The van der Waals surface area contributed by atoms with E-state index in [1.54, 1.807) is 0 Å². The van der Waals surface area contributed by atoms with Crippen molar-refractivity contribution in [1.82, 2.24) is 0 Å². The van der Waals surface area contributed by atoms with Crippen molar-refractivity contribution >= 4 is 11.6 Å². The number of carbonyl (C=O) groups is 1. The van der Waals surface area contributed by atoms with Crippen LogP contribution in [0.15, 0.2) is 24.3 Å². The Balaban J connectivity index is 1.92. The van der Waals surface area contributed by atoms with E-state index in [2.05, 4.69) is 65.1 Å². The number of nitriles is 1. The first-order valence-electron chi connectivity index (χ1n) is 12.5. The molecule has 170 valence electrons. The Morgan fingerprint density at radius 2 is 1.74 bits per heavy atom. The van der Waals surface area contributed by atoms with Crippen LogP contribution in [0.1, 0.15) is 91.5 Å². The van der Waals surface area contributed by atoms with Gasteiger partial charge in [0.15, 0.2) is 0 Å². The first-order valence-corrected chi connectivity index (χ1v) is 12.5. The molecule has 0 radical (unpaired) electrons. The second-order valence-corrected chi connectivity index (χ2v) is 11.2. The van der Waals surface area contributed by atoms with Gasteiger partial charge in [0.05, 0.1) is 11.5 Å². The molecular formula is C28H42N2O. The number of nitrogens with zero attached hydrogens (tertiary/aromatic N) is 1. The number of hydrogen-bond acceptors (Lipinski definition) is 2. The van der Waals surface area contributed by atoms with E-state index in [4.69, 9.17) is 0 Å². The minimum Gasteiger partial charge on any atom is -0.326 e. The number of rotatable bonds is 5. The Kier molecular flexibility index (Phi) is 7.51. The fourth-order valence-corrected chi connectivity index (χ4v) is 6.39. The molecule has 2 aliphatic carbocycles. The zero-order chi connectivity index (χ0) is 22.8. The molecule has 3 nitrogen and oxygen atoms in total. The number of hydrogen-bond donors (Lipinski definition) is 1. The molecule has 3 heteroatoms. The van der Waals surface area contributed by atoms with Crippen LogP contribution < -0.4 is 5.32 Å². The quantitative estimate of drug-likeness (QED) is 0.537. The normalized spacial score (nSPS) is 33.8. The summed E-state index contributed by atoms with van der Waals surface area (Å²) in [5.74, 6) is 2.86. The van der Waals surface area contributed by atoms with Crippen LogP contribution in [-0.2, 0) is 4.79 Å². The first-order chi connectivity index (χ1) is 14.7. The summed E-state index contributed by atoms with van der Waals surface area (Å²) in [6.07, 6.45) is 6.39. The monoisotopic (exact) mass is 422 g/mol. The van der Waals surface area contributed by atoms with Crippen LogP contribution in [0, 0.1) is 52.3 Å². The molecule has 1 aromatic carbocycles. The number of para-hydroxylation sites is 1. The Hall–Kier alpha value is -1.82. The van der Waals surface area contributed by atoms with Gasteiger partial charge in [-0.25, -0.2) is 0 Å². The lowest BCUT2D eigenvalue weighted by Gasteiger charge is -2.45. The van der Waals surface area contributed by atoms with Crippen LogP contribution >= 0.6 is 0 Å². The van der Waals surface area contributed by atoms with Gasteiger partial charge >= 0.3 is 0 Å². The highest BCUT2D eigenvalue weighted by Crippen LogP contribution is 2.54. The van der Waals surface area contributed by atoms with E-state index in [1.165, 1.54) is 6.42 Å². The largest absolute Gasteiger partial charge is 0.326 e. The predicted octanol–water partition coefficient (Wildman–Crippen LogP) is 7.40. The average molecular weight is 423 g/mol. The van der Waals surface area contributed by atoms with Crippen molar-refractivity contribution < 1.29 is 4.79 Å². The minimum absolute atomic E-state index is 0.0768. The van der Waals surface area contributed by atoms with Crippen LogP contribution in [0.3, 0.4) is 0 Å². The number of anilines is 1. The molecule has 0 spiro atoms. The summed E-state index contributed by atoms with van der Waals surface area (Å²) in [5, 5.41) is 13.6. The van der Waals surface area contributed by atoms with E-state index in [9.17, 15) is 10.1 Å². The fourth-order valence-electron chi connectivity index (χ4n) is 6.39. The number of amides is 1. The number of nitrogens with one attached hydrogen (secondary N) is 1. The predicted molar refractivity (Wildman–Crippen MR) is 129 cm³/mol. The summed E-state index contributed by atoms with van der Waals surface area (Å²) in [4.78, 5) is 13.5. The Labute approximate surface area is 190 Å². The molecule has 1 amide bonds. The van der Waals surface area contributed by atoms with Crippen LogP contribution in [0.2, 0.25) is 0 Å². The summed E-state index contributed by atoms with van der Waals surface area (Å²) >= 11 is 0. The lowest BCUT2D eigenvalue weighted by molar-refractivity contribution is -0.124. The third-order valence-corrected chi connectivity index (χ3v) is 8.50. The third kappa shape index (κ3) is 4.84. The molecule has 0 aliphatic heterocycles. The maximum Gasteiger partial charge on any atom is 0.227 e. The molecule has 1 aromatic rings. The van der Waals surface area contributed by atoms with Crippen LogP contribution in [0.25, 0.3) is 0 Å². The third-order valence-electron chi connectivity index (χ3n) is 8.50. The molecule has 6 unspecified atom stereocenters. The molecule has 0 heterocycles. The highest BCUT2D eigenvalue weighted by Gasteiger charge is 2.47. The van der Waals surface area contributed by atoms with E-state index < -0.39 is 0 Å². The number of benzene rings is 1. The van der Waals surface area contributed by atoms with Crippen LogP contribution in [0.4, 0.5) is 5.69 Å². The van der Waals surface area contributed by atoms with Crippen molar-refractivity contribution in [2.45, 2.75) is 86.0 Å². The summed E-state index contributed by atoms with van der Waals surface area (Å²) < 4.78 is 0. The van der Waals surface area contributed by atoms with Gasteiger partial charge in [0, 0.05) is 17.5 Å². The Bertz CT molecular complexity index is 807. The van der Waals surface area contributed by atoms with Crippen molar-refractivity contribution in [2.75, 3.05) is 5.32 Å². The molecular weight excluding hydrogens is 380 g/mol. The smallest absolute Gasteiger partial charge is 0.227 e. The molecule has 2 fully saturated rings. The lowest BCUT2D eigenvalue weighted by atomic mass is 9.57. The first kappa shape index (κ1) is 23.8. The maximum atomic E-state index is 13.5. The molecule has 0 aromatic heterocycles. The van der Waals surface area contributed by atoms with E-state index in [1.807, 2.05) is 12.1 Å². The summed E-state index contributed by atoms with van der Waals surface area (Å²) in [6, 6.07) is 11.0. The SMILES string of the molecule is CC1CCC(C(C)C)C(C(=O)Nc2ccccc2C2CC(C)CCC2(C#N)C(C)C)C1. The van der Waals surface area contributed by atoms with Gasteiger partial charge in [-0.15, -0.1) is 0 Å². The Morgan fingerprint density at radius 3 is 2.39 bits per heavy atom.